The zero-order valence-electron chi connectivity index (χ0n) is 7.87. The topological polar surface area (TPSA) is 59.3 Å². The summed E-state index contributed by atoms with van der Waals surface area (Å²) in [6.45, 7) is 0. The smallest absolute Gasteiger partial charge is 0.395 e. The number of benzene rings is 1. The van der Waals surface area contributed by atoms with Crippen molar-refractivity contribution in [2.75, 3.05) is 0 Å². The standard InChI is InChI=1S/C10H5F2NO3/c11-10(12)15-8-2-1-6(3-7(14)5-13)4-9(8)16-10/h1-2,4H,3H2. The van der Waals surface area contributed by atoms with Crippen LogP contribution in [0.4, 0.5) is 8.78 Å². The highest BCUT2D eigenvalue weighted by atomic mass is 19.3. The molecule has 0 atom stereocenters. The molecule has 0 fully saturated rings. The van der Waals surface area contributed by atoms with E-state index in [2.05, 4.69) is 9.47 Å². The number of hydrogen-bond donors (Lipinski definition) is 0. The molecule has 16 heavy (non-hydrogen) atoms. The first-order chi connectivity index (χ1) is 7.50. The van der Waals surface area contributed by atoms with E-state index < -0.39 is 12.1 Å². The minimum absolute atomic E-state index is 0.0850. The molecule has 6 heteroatoms. The average Bonchev–Trinajstić information content (AvgIpc) is 2.51. The zero-order valence-corrected chi connectivity index (χ0v) is 7.87. The Morgan fingerprint density at radius 1 is 1.38 bits per heavy atom. The number of carbonyl (C=O) groups excluding carboxylic acids is 1. The molecule has 0 aliphatic carbocycles. The molecule has 0 N–H and O–H groups in total. The van der Waals surface area contributed by atoms with Gasteiger partial charge in [-0.3, -0.25) is 4.79 Å². The SMILES string of the molecule is N#CC(=O)Cc1ccc2c(c1)OC(F)(F)O2. The van der Waals surface area contributed by atoms with Gasteiger partial charge in [0, 0.05) is 6.42 Å². The van der Waals surface area contributed by atoms with Gasteiger partial charge in [0.1, 0.15) is 6.07 Å². The highest BCUT2D eigenvalue weighted by molar-refractivity contribution is 5.94. The Bertz CT molecular complexity index is 493. The van der Waals surface area contributed by atoms with Crippen LogP contribution in [-0.4, -0.2) is 12.1 Å². The Balaban J connectivity index is 2.23. The van der Waals surface area contributed by atoms with Gasteiger partial charge in [0.2, 0.25) is 5.78 Å². The predicted octanol–water partition coefficient (Wildman–Crippen LogP) is 1.64. The third-order valence-corrected chi connectivity index (χ3v) is 1.96. The summed E-state index contributed by atoms with van der Waals surface area (Å²) in [5.41, 5.74) is 0.423. The van der Waals surface area contributed by atoms with Crippen LogP contribution in [0.3, 0.4) is 0 Å². The molecule has 4 nitrogen and oxygen atoms in total. The van der Waals surface area contributed by atoms with Crippen LogP contribution < -0.4 is 9.47 Å². The molecule has 0 aromatic heterocycles. The van der Waals surface area contributed by atoms with Crippen LogP contribution in [-0.2, 0) is 11.2 Å². The molecule has 1 aliphatic rings. The second kappa shape index (κ2) is 3.45. The van der Waals surface area contributed by atoms with Crippen LogP contribution in [0, 0.1) is 11.3 Å². The van der Waals surface area contributed by atoms with E-state index >= 15 is 0 Å². The number of alkyl halides is 2. The second-order valence-corrected chi connectivity index (χ2v) is 3.16. The minimum Gasteiger partial charge on any atom is -0.395 e. The van der Waals surface area contributed by atoms with E-state index in [0.29, 0.717) is 5.56 Å². The highest BCUT2D eigenvalue weighted by Gasteiger charge is 2.43. The van der Waals surface area contributed by atoms with Gasteiger partial charge >= 0.3 is 6.29 Å². The van der Waals surface area contributed by atoms with Crippen molar-refractivity contribution in [3.63, 3.8) is 0 Å². The van der Waals surface area contributed by atoms with Crippen molar-refractivity contribution in [3.8, 4) is 17.6 Å². The second-order valence-electron chi connectivity index (χ2n) is 3.16. The maximum absolute atomic E-state index is 12.6. The number of nitrogens with zero attached hydrogens (tertiary/aromatic N) is 1. The number of halogens is 2. The molecular formula is C10H5F2NO3. The first-order valence-electron chi connectivity index (χ1n) is 4.32. The predicted molar refractivity (Wildman–Crippen MR) is 47.0 cm³/mol. The molecule has 0 bridgehead atoms. The van der Waals surface area contributed by atoms with Crippen molar-refractivity contribution in [1.29, 1.82) is 5.26 Å². The molecule has 0 spiro atoms. The minimum atomic E-state index is -3.67. The van der Waals surface area contributed by atoms with Gasteiger partial charge in [-0.15, -0.1) is 8.78 Å². The molecule has 0 radical (unpaired) electrons. The molecule has 0 saturated heterocycles. The molecule has 82 valence electrons. The monoisotopic (exact) mass is 225 g/mol. The summed E-state index contributed by atoms with van der Waals surface area (Å²) in [6, 6.07) is 5.40. The van der Waals surface area contributed by atoms with Crippen molar-refractivity contribution >= 4 is 5.78 Å². The molecule has 0 unspecified atom stereocenters. The first kappa shape index (κ1) is 10.4. The Morgan fingerprint density at radius 3 is 2.75 bits per heavy atom. The van der Waals surface area contributed by atoms with Crippen LogP contribution in [0.1, 0.15) is 5.56 Å². The number of fused-ring (bicyclic) bond motifs is 1. The fourth-order valence-corrected chi connectivity index (χ4v) is 1.33. The molecule has 0 saturated carbocycles. The van der Waals surface area contributed by atoms with Gasteiger partial charge in [0.05, 0.1) is 0 Å². The lowest BCUT2D eigenvalue weighted by Gasteiger charge is -2.04. The van der Waals surface area contributed by atoms with Gasteiger partial charge in [-0.25, -0.2) is 0 Å². The molecule has 1 aliphatic heterocycles. The van der Waals surface area contributed by atoms with Crippen LogP contribution in [0.15, 0.2) is 18.2 Å². The Morgan fingerprint density at radius 2 is 2.06 bits per heavy atom. The molecule has 1 aromatic rings. The lowest BCUT2D eigenvalue weighted by Crippen LogP contribution is -2.25. The van der Waals surface area contributed by atoms with Crippen LogP contribution in [0.5, 0.6) is 11.5 Å². The molecule has 2 rings (SSSR count). The fourth-order valence-electron chi connectivity index (χ4n) is 1.33. The van der Waals surface area contributed by atoms with Crippen LogP contribution >= 0.6 is 0 Å². The zero-order chi connectivity index (χ0) is 11.8. The van der Waals surface area contributed by atoms with Crippen molar-refractivity contribution in [2.45, 2.75) is 12.7 Å². The number of carbonyl (C=O) groups is 1. The normalized spacial score (nSPS) is 15.6. The largest absolute Gasteiger partial charge is 0.586 e. The van der Waals surface area contributed by atoms with Gasteiger partial charge in [0.25, 0.3) is 0 Å². The molecule has 0 amide bonds. The van der Waals surface area contributed by atoms with E-state index in [4.69, 9.17) is 5.26 Å². The van der Waals surface area contributed by atoms with Crippen LogP contribution in [0.2, 0.25) is 0 Å². The summed E-state index contributed by atoms with van der Waals surface area (Å²) in [5, 5.41) is 8.30. The van der Waals surface area contributed by atoms with Crippen molar-refractivity contribution in [3.05, 3.63) is 23.8 Å². The van der Waals surface area contributed by atoms with Crippen molar-refractivity contribution in [1.82, 2.24) is 0 Å². The van der Waals surface area contributed by atoms with Gasteiger partial charge in [0.15, 0.2) is 11.5 Å². The fraction of sp³-hybridized carbons (Fsp3) is 0.200. The van der Waals surface area contributed by atoms with Crippen molar-refractivity contribution in [2.24, 2.45) is 0 Å². The van der Waals surface area contributed by atoms with E-state index in [0.717, 1.165) is 0 Å². The quantitative estimate of drug-likeness (QED) is 0.718. The van der Waals surface area contributed by atoms with Crippen molar-refractivity contribution < 1.29 is 23.0 Å². The first-order valence-corrected chi connectivity index (χ1v) is 4.32. The number of nitriles is 1. The lowest BCUT2D eigenvalue weighted by atomic mass is 10.1. The van der Waals surface area contributed by atoms with E-state index in [-0.39, 0.29) is 17.9 Å². The molecular weight excluding hydrogens is 220 g/mol. The van der Waals surface area contributed by atoms with Gasteiger partial charge in [-0.1, -0.05) is 6.07 Å². The number of Topliss-reactive ketones (excluding diaryl/α,β-unsaturated/α-hetero) is 1. The Hall–Kier alpha value is -2.16. The van der Waals surface area contributed by atoms with Gasteiger partial charge in [-0.05, 0) is 17.7 Å². The molecule has 1 aromatic carbocycles. The summed E-state index contributed by atoms with van der Waals surface area (Å²) in [7, 11) is 0. The number of ketones is 1. The third kappa shape index (κ3) is 1.93. The summed E-state index contributed by atoms with van der Waals surface area (Å²) < 4.78 is 33.6. The lowest BCUT2D eigenvalue weighted by molar-refractivity contribution is -0.286. The highest BCUT2D eigenvalue weighted by Crippen LogP contribution is 2.41. The van der Waals surface area contributed by atoms with E-state index in [9.17, 15) is 13.6 Å². The number of hydrogen-bond acceptors (Lipinski definition) is 4. The maximum atomic E-state index is 12.6. The summed E-state index contributed by atoms with van der Waals surface area (Å²) >= 11 is 0. The number of ether oxygens (including phenoxy) is 2. The van der Waals surface area contributed by atoms with E-state index in [1.807, 2.05) is 0 Å². The third-order valence-electron chi connectivity index (χ3n) is 1.96. The van der Waals surface area contributed by atoms with Crippen LogP contribution in [0.25, 0.3) is 0 Å². The summed E-state index contributed by atoms with van der Waals surface area (Å²) in [4.78, 5) is 10.8. The van der Waals surface area contributed by atoms with Gasteiger partial charge in [-0.2, -0.15) is 5.26 Å². The van der Waals surface area contributed by atoms with E-state index in [1.54, 1.807) is 0 Å². The maximum Gasteiger partial charge on any atom is 0.586 e. The summed E-state index contributed by atoms with van der Waals surface area (Å²) in [5.74, 6) is -0.864. The van der Waals surface area contributed by atoms with E-state index in [1.165, 1.54) is 24.3 Å². The number of rotatable bonds is 2. The Labute approximate surface area is 89.0 Å². The Kier molecular flexibility index (Phi) is 2.23. The molecule has 1 heterocycles. The van der Waals surface area contributed by atoms with Gasteiger partial charge < -0.3 is 9.47 Å². The average molecular weight is 225 g/mol. The summed E-state index contributed by atoms with van der Waals surface area (Å²) in [6.07, 6.45) is -3.81.